The van der Waals surface area contributed by atoms with Crippen LogP contribution in [0.15, 0.2) is 21.7 Å². The van der Waals surface area contributed by atoms with Gasteiger partial charge in [0.2, 0.25) is 5.13 Å². The third-order valence-electron chi connectivity index (χ3n) is 2.37. The number of carbonyl (C=O) groups is 1. The summed E-state index contributed by atoms with van der Waals surface area (Å²) >= 11 is 1.21. The molecule has 0 saturated heterocycles. The van der Waals surface area contributed by atoms with Crippen molar-refractivity contribution in [2.45, 2.75) is 20.8 Å². The fraction of sp³-hybridized carbons (Fsp3) is 0.308. The molecule has 0 aliphatic rings. The number of anilines is 1. The van der Waals surface area contributed by atoms with Gasteiger partial charge >= 0.3 is 5.97 Å². The molecule has 1 N–H and O–H groups in total. The summed E-state index contributed by atoms with van der Waals surface area (Å²) in [6.45, 7) is 5.73. The Balaban J connectivity index is 2.02. The van der Waals surface area contributed by atoms with Crippen molar-refractivity contribution < 1.29 is 13.9 Å². The average Bonchev–Trinajstić information content (AvgIpc) is 2.96. The van der Waals surface area contributed by atoms with Crippen LogP contribution in [0.4, 0.5) is 5.13 Å². The number of nitrogens with one attached hydrogen (secondary N) is 1. The van der Waals surface area contributed by atoms with E-state index in [4.69, 9.17) is 9.15 Å². The molecule has 6 nitrogen and oxygen atoms in total. The first-order valence-corrected chi connectivity index (χ1v) is 6.92. The third-order valence-corrected chi connectivity index (χ3v) is 3.41. The molecule has 0 fully saturated rings. The Hall–Kier alpha value is -2.15. The summed E-state index contributed by atoms with van der Waals surface area (Å²) in [5.74, 6) is 1.11. The molecule has 2 aromatic heterocycles. The SMILES string of the molecule is CCOC(=O)c1sc(N/N=C/c2ccc(C)o2)nc1C. The molecule has 7 heteroatoms. The summed E-state index contributed by atoms with van der Waals surface area (Å²) < 4.78 is 10.3. The second-order valence-corrected chi connectivity index (χ2v) is 4.97. The van der Waals surface area contributed by atoms with Crippen molar-refractivity contribution in [1.29, 1.82) is 0 Å². The highest BCUT2D eigenvalue weighted by atomic mass is 32.1. The number of aryl methyl sites for hydroxylation is 2. The van der Waals surface area contributed by atoms with Gasteiger partial charge in [-0.3, -0.25) is 5.43 Å². The van der Waals surface area contributed by atoms with Crippen molar-refractivity contribution in [2.75, 3.05) is 12.0 Å². The summed E-state index contributed by atoms with van der Waals surface area (Å²) in [7, 11) is 0. The summed E-state index contributed by atoms with van der Waals surface area (Å²) in [6.07, 6.45) is 1.55. The van der Waals surface area contributed by atoms with E-state index in [0.29, 0.717) is 28.1 Å². The van der Waals surface area contributed by atoms with Gasteiger partial charge in [0, 0.05) is 0 Å². The Morgan fingerprint density at radius 2 is 2.35 bits per heavy atom. The lowest BCUT2D eigenvalue weighted by Gasteiger charge is -1.97. The van der Waals surface area contributed by atoms with Crippen LogP contribution in [-0.4, -0.2) is 23.8 Å². The van der Waals surface area contributed by atoms with Crippen molar-refractivity contribution in [1.82, 2.24) is 4.98 Å². The molecule has 2 aromatic rings. The second kappa shape index (κ2) is 6.33. The molecule has 0 saturated carbocycles. The first-order chi connectivity index (χ1) is 9.60. The van der Waals surface area contributed by atoms with E-state index in [2.05, 4.69) is 15.5 Å². The van der Waals surface area contributed by atoms with Crippen molar-refractivity contribution >= 4 is 28.7 Å². The van der Waals surface area contributed by atoms with Crippen LogP contribution in [0.3, 0.4) is 0 Å². The van der Waals surface area contributed by atoms with Gasteiger partial charge in [0.15, 0.2) is 0 Å². The Morgan fingerprint density at radius 3 is 3.00 bits per heavy atom. The van der Waals surface area contributed by atoms with Crippen LogP contribution in [0.2, 0.25) is 0 Å². The molecular weight excluding hydrogens is 278 g/mol. The Labute approximate surface area is 120 Å². The van der Waals surface area contributed by atoms with Crippen LogP contribution in [0.5, 0.6) is 0 Å². The monoisotopic (exact) mass is 293 g/mol. The highest BCUT2D eigenvalue weighted by Crippen LogP contribution is 2.23. The van der Waals surface area contributed by atoms with Crippen LogP contribution in [0.1, 0.15) is 33.8 Å². The quantitative estimate of drug-likeness (QED) is 0.521. The van der Waals surface area contributed by atoms with Crippen molar-refractivity contribution in [3.05, 3.63) is 34.2 Å². The van der Waals surface area contributed by atoms with Gasteiger partial charge in [-0.2, -0.15) is 5.10 Å². The van der Waals surface area contributed by atoms with E-state index in [0.717, 1.165) is 5.76 Å². The number of nitrogens with zero attached hydrogens (tertiary/aromatic N) is 2. The smallest absolute Gasteiger partial charge is 0.350 e. The number of rotatable bonds is 5. The summed E-state index contributed by atoms with van der Waals surface area (Å²) in [4.78, 5) is 16.3. The van der Waals surface area contributed by atoms with Gasteiger partial charge in [0.25, 0.3) is 0 Å². The van der Waals surface area contributed by atoms with Gasteiger partial charge in [0.05, 0.1) is 18.5 Å². The van der Waals surface area contributed by atoms with Gasteiger partial charge in [-0.05, 0) is 32.9 Å². The molecule has 2 heterocycles. The number of aromatic nitrogens is 1. The molecule has 106 valence electrons. The zero-order valence-corrected chi connectivity index (χ0v) is 12.3. The third kappa shape index (κ3) is 3.45. The number of hydrogen-bond donors (Lipinski definition) is 1. The number of carbonyl (C=O) groups excluding carboxylic acids is 1. The summed E-state index contributed by atoms with van der Waals surface area (Å²) in [5.41, 5.74) is 3.39. The molecule has 2 rings (SSSR count). The summed E-state index contributed by atoms with van der Waals surface area (Å²) in [5, 5.41) is 4.54. The maximum atomic E-state index is 11.6. The number of hydrogen-bond acceptors (Lipinski definition) is 7. The van der Waals surface area contributed by atoms with E-state index in [1.54, 1.807) is 20.1 Å². The molecule has 0 spiro atoms. The lowest BCUT2D eigenvalue weighted by Crippen LogP contribution is -2.03. The fourth-order valence-electron chi connectivity index (χ4n) is 1.50. The highest BCUT2D eigenvalue weighted by molar-refractivity contribution is 7.17. The molecule has 20 heavy (non-hydrogen) atoms. The zero-order chi connectivity index (χ0) is 14.5. The second-order valence-electron chi connectivity index (χ2n) is 3.97. The predicted octanol–water partition coefficient (Wildman–Crippen LogP) is 2.98. The van der Waals surface area contributed by atoms with Gasteiger partial charge in [0.1, 0.15) is 16.4 Å². The average molecular weight is 293 g/mol. The van der Waals surface area contributed by atoms with Crippen LogP contribution < -0.4 is 5.43 Å². The number of thiazole rings is 1. The number of esters is 1. The Bertz CT molecular complexity index is 631. The normalized spacial score (nSPS) is 10.9. The molecule has 0 unspecified atom stereocenters. The minimum Gasteiger partial charge on any atom is -0.462 e. The van der Waals surface area contributed by atoms with Crippen LogP contribution in [0, 0.1) is 13.8 Å². The van der Waals surface area contributed by atoms with Crippen LogP contribution in [-0.2, 0) is 4.74 Å². The number of hydrazone groups is 1. The maximum absolute atomic E-state index is 11.6. The molecule has 0 radical (unpaired) electrons. The molecular formula is C13H15N3O3S. The molecule has 0 amide bonds. The lowest BCUT2D eigenvalue weighted by molar-refractivity contribution is 0.0531. The highest BCUT2D eigenvalue weighted by Gasteiger charge is 2.15. The molecule has 0 aliphatic heterocycles. The lowest BCUT2D eigenvalue weighted by atomic mass is 10.4. The molecule has 0 bridgehead atoms. The topological polar surface area (TPSA) is 76.7 Å². The molecule has 0 aliphatic carbocycles. The van der Waals surface area contributed by atoms with E-state index in [1.165, 1.54) is 11.3 Å². The predicted molar refractivity (Wildman–Crippen MR) is 77.5 cm³/mol. The molecule has 0 aromatic carbocycles. The fourth-order valence-corrected chi connectivity index (χ4v) is 2.31. The minimum absolute atomic E-state index is 0.342. The van der Waals surface area contributed by atoms with Gasteiger partial charge in [-0.15, -0.1) is 0 Å². The minimum atomic E-state index is -0.360. The largest absolute Gasteiger partial charge is 0.462 e. The van der Waals surface area contributed by atoms with E-state index < -0.39 is 0 Å². The zero-order valence-electron chi connectivity index (χ0n) is 11.5. The van der Waals surface area contributed by atoms with E-state index >= 15 is 0 Å². The van der Waals surface area contributed by atoms with Crippen molar-refractivity contribution in [3.8, 4) is 0 Å². The Morgan fingerprint density at radius 1 is 1.55 bits per heavy atom. The first kappa shape index (κ1) is 14.3. The van der Waals surface area contributed by atoms with E-state index in [1.807, 2.05) is 19.1 Å². The first-order valence-electron chi connectivity index (χ1n) is 6.10. The molecule has 0 atom stereocenters. The van der Waals surface area contributed by atoms with E-state index in [9.17, 15) is 4.79 Å². The maximum Gasteiger partial charge on any atom is 0.350 e. The Kier molecular flexibility index (Phi) is 4.52. The standard InChI is InChI=1S/C13H15N3O3S/c1-4-18-12(17)11-9(3)15-13(20-11)16-14-7-10-6-5-8(2)19-10/h5-7H,4H2,1-3H3,(H,15,16)/b14-7+. The van der Waals surface area contributed by atoms with E-state index in [-0.39, 0.29) is 5.97 Å². The van der Waals surface area contributed by atoms with Crippen LogP contribution in [0.25, 0.3) is 0 Å². The van der Waals surface area contributed by atoms with Gasteiger partial charge < -0.3 is 9.15 Å². The van der Waals surface area contributed by atoms with Crippen molar-refractivity contribution in [2.24, 2.45) is 5.10 Å². The van der Waals surface area contributed by atoms with Crippen molar-refractivity contribution in [3.63, 3.8) is 0 Å². The number of furan rings is 1. The van der Waals surface area contributed by atoms with Gasteiger partial charge in [-0.1, -0.05) is 11.3 Å². The number of ether oxygens (including phenoxy) is 1. The summed E-state index contributed by atoms with van der Waals surface area (Å²) in [6, 6.07) is 3.67. The van der Waals surface area contributed by atoms with Crippen LogP contribution >= 0.6 is 11.3 Å². The van der Waals surface area contributed by atoms with Gasteiger partial charge in [-0.25, -0.2) is 9.78 Å².